The number of fused-ring (bicyclic) bond motifs is 1. The molecular formula is C17H33N3. The summed E-state index contributed by atoms with van der Waals surface area (Å²) < 4.78 is 0. The van der Waals surface area contributed by atoms with E-state index in [-0.39, 0.29) is 0 Å². The number of nitrogens with one attached hydrogen (secondary N) is 1. The van der Waals surface area contributed by atoms with Crippen molar-refractivity contribution in [2.24, 2.45) is 5.92 Å². The van der Waals surface area contributed by atoms with E-state index in [4.69, 9.17) is 0 Å². The second-order valence-corrected chi connectivity index (χ2v) is 7.67. The van der Waals surface area contributed by atoms with Gasteiger partial charge in [-0.15, -0.1) is 0 Å². The summed E-state index contributed by atoms with van der Waals surface area (Å²) in [6.07, 6.45) is 8.70. The molecule has 0 bridgehead atoms. The third-order valence-corrected chi connectivity index (χ3v) is 6.16. The highest BCUT2D eigenvalue weighted by Gasteiger charge is 2.33. The molecule has 3 heteroatoms. The van der Waals surface area contributed by atoms with Crippen molar-refractivity contribution in [1.82, 2.24) is 15.1 Å². The van der Waals surface area contributed by atoms with E-state index in [0.29, 0.717) is 12.1 Å². The van der Waals surface area contributed by atoms with E-state index in [2.05, 4.69) is 36.0 Å². The van der Waals surface area contributed by atoms with Gasteiger partial charge in [-0.25, -0.2) is 0 Å². The van der Waals surface area contributed by atoms with Crippen LogP contribution in [0.15, 0.2) is 0 Å². The zero-order valence-electron chi connectivity index (χ0n) is 13.6. The van der Waals surface area contributed by atoms with Crippen LogP contribution in [0.4, 0.5) is 0 Å². The minimum atomic E-state index is 0.699. The lowest BCUT2D eigenvalue weighted by molar-refractivity contribution is 0.0457. The smallest absolute Gasteiger partial charge is 0.0197 e. The first-order valence-electron chi connectivity index (χ1n) is 8.84. The summed E-state index contributed by atoms with van der Waals surface area (Å²) in [5.74, 6) is 0.991. The monoisotopic (exact) mass is 279 g/mol. The van der Waals surface area contributed by atoms with Crippen LogP contribution in [0.1, 0.15) is 52.4 Å². The lowest BCUT2D eigenvalue weighted by atomic mass is 9.77. The Labute approximate surface area is 125 Å². The Balaban J connectivity index is 1.51. The van der Waals surface area contributed by atoms with Crippen LogP contribution >= 0.6 is 0 Å². The van der Waals surface area contributed by atoms with Crippen LogP contribution in [-0.4, -0.2) is 60.6 Å². The van der Waals surface area contributed by atoms with Crippen LogP contribution in [-0.2, 0) is 0 Å². The largest absolute Gasteiger partial charge is 0.310 e. The number of piperidine rings is 1. The van der Waals surface area contributed by atoms with Gasteiger partial charge in [0.2, 0.25) is 0 Å². The number of piperazine rings is 1. The normalized spacial score (nSPS) is 44.2. The van der Waals surface area contributed by atoms with E-state index < -0.39 is 0 Å². The predicted octanol–water partition coefficient (Wildman–Crippen LogP) is 2.32. The van der Waals surface area contributed by atoms with Crippen molar-refractivity contribution in [2.45, 2.75) is 76.5 Å². The predicted molar refractivity (Wildman–Crippen MR) is 85.0 cm³/mol. The molecule has 0 amide bonds. The van der Waals surface area contributed by atoms with E-state index in [1.54, 1.807) is 0 Å². The number of nitrogens with zero attached hydrogens (tertiary/aromatic N) is 2. The summed E-state index contributed by atoms with van der Waals surface area (Å²) in [7, 11) is 2.28. The number of rotatable bonds is 2. The summed E-state index contributed by atoms with van der Waals surface area (Å²) in [5.41, 5.74) is 0. The maximum atomic E-state index is 3.99. The van der Waals surface area contributed by atoms with Crippen LogP contribution in [0.2, 0.25) is 0 Å². The molecule has 1 aliphatic carbocycles. The number of likely N-dealkylation sites (N-methyl/N-ethyl adjacent to an activating group) is 1. The average Bonchev–Trinajstić information content (AvgIpc) is 2.44. The maximum Gasteiger partial charge on any atom is 0.0197 e. The fourth-order valence-electron chi connectivity index (χ4n) is 4.69. The molecule has 3 rings (SSSR count). The molecule has 0 aromatic rings. The molecule has 2 heterocycles. The van der Waals surface area contributed by atoms with Crippen LogP contribution in [0, 0.1) is 5.92 Å². The van der Waals surface area contributed by atoms with E-state index in [9.17, 15) is 0 Å². The molecule has 116 valence electrons. The molecule has 0 spiro atoms. The van der Waals surface area contributed by atoms with Gasteiger partial charge in [-0.2, -0.15) is 0 Å². The molecule has 5 atom stereocenters. The van der Waals surface area contributed by atoms with Gasteiger partial charge in [-0.1, -0.05) is 12.8 Å². The van der Waals surface area contributed by atoms with E-state index in [1.165, 1.54) is 58.2 Å². The molecule has 3 nitrogen and oxygen atoms in total. The van der Waals surface area contributed by atoms with E-state index >= 15 is 0 Å². The van der Waals surface area contributed by atoms with Crippen molar-refractivity contribution in [1.29, 1.82) is 0 Å². The van der Waals surface area contributed by atoms with Crippen molar-refractivity contribution >= 4 is 0 Å². The van der Waals surface area contributed by atoms with Crippen molar-refractivity contribution in [3.8, 4) is 0 Å². The zero-order valence-corrected chi connectivity index (χ0v) is 13.6. The Kier molecular flexibility index (Phi) is 4.68. The zero-order chi connectivity index (χ0) is 14.1. The molecule has 5 unspecified atom stereocenters. The molecule has 0 radical (unpaired) electrons. The number of hydrogen-bond donors (Lipinski definition) is 1. The highest BCUT2D eigenvalue weighted by molar-refractivity contribution is 4.92. The first kappa shape index (κ1) is 14.8. The fraction of sp³-hybridized carbons (Fsp3) is 1.00. The molecule has 2 aliphatic heterocycles. The SMILES string of the molecule is CC1CN(CC2CCC3CCCCC3N2)CC(C)N1C. The van der Waals surface area contributed by atoms with Crippen molar-refractivity contribution in [2.75, 3.05) is 26.7 Å². The van der Waals surface area contributed by atoms with Crippen LogP contribution < -0.4 is 5.32 Å². The van der Waals surface area contributed by atoms with Gasteiger partial charge in [0.1, 0.15) is 0 Å². The Bertz CT molecular complexity index is 307. The summed E-state index contributed by atoms with van der Waals surface area (Å²) in [4.78, 5) is 5.23. The highest BCUT2D eigenvalue weighted by Crippen LogP contribution is 2.32. The Morgan fingerprint density at radius 1 is 0.950 bits per heavy atom. The third-order valence-electron chi connectivity index (χ3n) is 6.16. The van der Waals surface area contributed by atoms with Crippen molar-refractivity contribution in [3.05, 3.63) is 0 Å². The number of hydrogen-bond acceptors (Lipinski definition) is 3. The van der Waals surface area contributed by atoms with Gasteiger partial charge >= 0.3 is 0 Å². The van der Waals surface area contributed by atoms with Gasteiger partial charge in [0.05, 0.1) is 0 Å². The molecule has 2 saturated heterocycles. The molecule has 1 N–H and O–H groups in total. The molecule has 3 fully saturated rings. The lowest BCUT2D eigenvalue weighted by Crippen LogP contribution is -2.59. The summed E-state index contributed by atoms with van der Waals surface area (Å²) >= 11 is 0. The van der Waals surface area contributed by atoms with Gasteiger partial charge in [0, 0.05) is 43.8 Å². The second-order valence-electron chi connectivity index (χ2n) is 7.67. The summed E-state index contributed by atoms with van der Waals surface area (Å²) in [6, 6.07) is 2.98. The van der Waals surface area contributed by atoms with Gasteiger partial charge in [0.15, 0.2) is 0 Å². The Morgan fingerprint density at radius 3 is 2.40 bits per heavy atom. The van der Waals surface area contributed by atoms with Crippen LogP contribution in [0.25, 0.3) is 0 Å². The first-order valence-corrected chi connectivity index (χ1v) is 8.84. The fourth-order valence-corrected chi connectivity index (χ4v) is 4.69. The average molecular weight is 279 g/mol. The van der Waals surface area contributed by atoms with Crippen molar-refractivity contribution < 1.29 is 0 Å². The van der Waals surface area contributed by atoms with Gasteiger partial charge < -0.3 is 5.32 Å². The Hall–Kier alpha value is -0.120. The summed E-state index contributed by atoms with van der Waals surface area (Å²) in [5, 5.41) is 3.99. The van der Waals surface area contributed by atoms with Gasteiger partial charge in [-0.05, 0) is 52.5 Å². The third kappa shape index (κ3) is 3.20. The quantitative estimate of drug-likeness (QED) is 0.837. The maximum absolute atomic E-state index is 3.99. The van der Waals surface area contributed by atoms with E-state index in [1.807, 2.05) is 0 Å². The van der Waals surface area contributed by atoms with Crippen LogP contribution in [0.5, 0.6) is 0 Å². The van der Waals surface area contributed by atoms with Crippen LogP contribution in [0.3, 0.4) is 0 Å². The van der Waals surface area contributed by atoms with E-state index in [0.717, 1.165) is 18.0 Å². The molecule has 3 aliphatic rings. The second kappa shape index (κ2) is 6.33. The Morgan fingerprint density at radius 2 is 1.65 bits per heavy atom. The van der Waals surface area contributed by atoms with Crippen molar-refractivity contribution in [3.63, 3.8) is 0 Å². The van der Waals surface area contributed by atoms with Gasteiger partial charge in [-0.3, -0.25) is 9.80 Å². The summed E-state index contributed by atoms with van der Waals surface area (Å²) in [6.45, 7) is 8.49. The minimum Gasteiger partial charge on any atom is -0.310 e. The lowest BCUT2D eigenvalue weighted by Gasteiger charge is -2.46. The van der Waals surface area contributed by atoms with Gasteiger partial charge in [0.25, 0.3) is 0 Å². The molecule has 1 saturated carbocycles. The molecule has 20 heavy (non-hydrogen) atoms. The topological polar surface area (TPSA) is 18.5 Å². The molecule has 0 aromatic heterocycles. The molecular weight excluding hydrogens is 246 g/mol. The minimum absolute atomic E-state index is 0.699. The first-order chi connectivity index (χ1) is 9.63. The standard InChI is InChI=1S/C17H33N3/c1-13-10-20(11-14(2)19(13)3)12-16-9-8-15-6-4-5-7-17(15)18-16/h13-18H,4-12H2,1-3H3. The highest BCUT2D eigenvalue weighted by atomic mass is 15.3. The molecule has 0 aromatic carbocycles.